The quantitative estimate of drug-likeness (QED) is 0.435. The van der Waals surface area contributed by atoms with Crippen LogP contribution in [0.5, 0.6) is 0 Å². The summed E-state index contributed by atoms with van der Waals surface area (Å²) in [6.07, 6.45) is 2.03. The molecule has 2 atom stereocenters. The molecule has 1 N–H and O–H groups in total. The van der Waals surface area contributed by atoms with Gasteiger partial charge in [0.2, 0.25) is 5.91 Å². The molecule has 168 valence electrons. The van der Waals surface area contributed by atoms with Crippen molar-refractivity contribution in [2.24, 2.45) is 21.4 Å². The maximum absolute atomic E-state index is 13.6. The Labute approximate surface area is 194 Å². The molecule has 2 aromatic rings. The summed E-state index contributed by atoms with van der Waals surface area (Å²) < 4.78 is 0. The molecule has 0 aromatic heterocycles. The van der Waals surface area contributed by atoms with E-state index in [1.54, 1.807) is 18.2 Å². The normalized spacial score (nSPS) is 26.9. The van der Waals surface area contributed by atoms with Crippen LogP contribution < -0.4 is 5.32 Å². The zero-order chi connectivity index (χ0) is 23.3. The van der Waals surface area contributed by atoms with E-state index < -0.39 is 11.4 Å². The molecular weight excluding hydrogens is 424 g/mol. The summed E-state index contributed by atoms with van der Waals surface area (Å²) >= 11 is 6.15. The van der Waals surface area contributed by atoms with E-state index in [1.807, 2.05) is 38.1 Å². The fourth-order valence-electron chi connectivity index (χ4n) is 5.33. The van der Waals surface area contributed by atoms with E-state index in [0.717, 1.165) is 35.4 Å². The first-order valence-corrected chi connectivity index (χ1v) is 11.3. The Morgan fingerprint density at radius 2 is 1.72 bits per heavy atom. The van der Waals surface area contributed by atoms with Crippen LogP contribution >= 0.6 is 11.6 Å². The van der Waals surface area contributed by atoms with Crippen molar-refractivity contribution in [3.8, 4) is 0 Å². The number of nitrogens with zero attached hydrogens (tertiary/aromatic N) is 1. The van der Waals surface area contributed by atoms with Crippen molar-refractivity contribution >= 4 is 34.9 Å². The number of benzene rings is 2. The standard InChI is InChI=1S/C26H29ClN2O3/c1-16-6-9-18(10-7-16)22(30)32-29-21-15-26(13-12-25(21,5)24(26,3)4)23(31)28-20-14-19(27)11-8-17(20)2/h6-11,14H,12-13,15H2,1-5H3,(H,28,31). The number of hydrogen-bond acceptors (Lipinski definition) is 4. The highest BCUT2D eigenvalue weighted by atomic mass is 35.5. The van der Waals surface area contributed by atoms with E-state index in [-0.39, 0.29) is 16.7 Å². The lowest BCUT2D eigenvalue weighted by Gasteiger charge is -2.39. The summed E-state index contributed by atoms with van der Waals surface area (Å²) in [6, 6.07) is 12.7. The maximum atomic E-state index is 13.6. The zero-order valence-corrected chi connectivity index (χ0v) is 20.0. The van der Waals surface area contributed by atoms with E-state index in [2.05, 4.69) is 31.2 Å². The van der Waals surface area contributed by atoms with Crippen LogP contribution in [0.4, 0.5) is 5.69 Å². The van der Waals surface area contributed by atoms with Crippen molar-refractivity contribution in [3.05, 3.63) is 64.2 Å². The lowest BCUT2D eigenvalue weighted by atomic mass is 9.64. The predicted octanol–water partition coefficient (Wildman–Crippen LogP) is 6.32. The molecule has 5 nitrogen and oxygen atoms in total. The topological polar surface area (TPSA) is 67.8 Å². The molecule has 0 heterocycles. The Bertz CT molecular complexity index is 1120. The van der Waals surface area contributed by atoms with Gasteiger partial charge in [0.25, 0.3) is 0 Å². The van der Waals surface area contributed by atoms with Gasteiger partial charge in [-0.2, -0.15) is 0 Å². The van der Waals surface area contributed by atoms with Gasteiger partial charge in [-0.05, 0) is 61.9 Å². The summed E-state index contributed by atoms with van der Waals surface area (Å²) in [7, 11) is 0. The second-order valence-corrected chi connectivity index (χ2v) is 10.3. The van der Waals surface area contributed by atoms with Gasteiger partial charge in [-0.1, -0.05) is 61.3 Å². The first-order chi connectivity index (χ1) is 15.0. The number of anilines is 1. The van der Waals surface area contributed by atoms with Crippen molar-refractivity contribution in [1.29, 1.82) is 0 Å². The molecule has 2 aromatic carbocycles. The van der Waals surface area contributed by atoms with E-state index in [4.69, 9.17) is 16.4 Å². The van der Waals surface area contributed by atoms with Gasteiger partial charge in [-0.15, -0.1) is 0 Å². The average molecular weight is 453 g/mol. The largest absolute Gasteiger partial charge is 0.365 e. The first-order valence-electron chi connectivity index (χ1n) is 10.9. The molecule has 2 saturated carbocycles. The molecule has 4 rings (SSSR count). The molecule has 6 heteroatoms. The minimum Gasteiger partial charge on any atom is -0.325 e. The Morgan fingerprint density at radius 3 is 2.41 bits per heavy atom. The van der Waals surface area contributed by atoms with Crippen molar-refractivity contribution in [2.45, 2.75) is 53.9 Å². The summed E-state index contributed by atoms with van der Waals surface area (Å²) in [6.45, 7) is 10.3. The maximum Gasteiger partial charge on any atom is 0.365 e. The number of amides is 1. The average Bonchev–Trinajstić information content (AvgIpc) is 3.05. The van der Waals surface area contributed by atoms with Crippen LogP contribution in [0.25, 0.3) is 0 Å². The second-order valence-electron chi connectivity index (χ2n) is 9.91. The Kier molecular flexibility index (Phi) is 5.44. The number of carbonyl (C=O) groups is 2. The van der Waals surface area contributed by atoms with Gasteiger partial charge in [0.1, 0.15) is 0 Å². The molecule has 32 heavy (non-hydrogen) atoms. The Balaban J connectivity index is 1.60. The highest BCUT2D eigenvalue weighted by molar-refractivity contribution is 6.31. The molecule has 2 aliphatic rings. The first kappa shape index (κ1) is 22.5. The van der Waals surface area contributed by atoms with Crippen LogP contribution in [0.2, 0.25) is 5.02 Å². The van der Waals surface area contributed by atoms with E-state index >= 15 is 0 Å². The van der Waals surface area contributed by atoms with E-state index in [0.29, 0.717) is 17.0 Å². The number of aryl methyl sites for hydroxylation is 2. The molecule has 1 amide bonds. The van der Waals surface area contributed by atoms with Gasteiger partial charge < -0.3 is 10.2 Å². The molecule has 2 bridgehead atoms. The summed E-state index contributed by atoms with van der Waals surface area (Å²) in [5.41, 5.74) is 2.65. The zero-order valence-electron chi connectivity index (χ0n) is 19.2. The Morgan fingerprint density at radius 1 is 1.03 bits per heavy atom. The molecule has 0 aliphatic heterocycles. The molecule has 2 unspecified atom stereocenters. The minimum atomic E-state index is -0.633. The van der Waals surface area contributed by atoms with Gasteiger partial charge in [-0.3, -0.25) is 4.79 Å². The van der Waals surface area contributed by atoms with Gasteiger partial charge in [0.15, 0.2) is 0 Å². The van der Waals surface area contributed by atoms with Crippen molar-refractivity contribution in [1.82, 2.24) is 0 Å². The number of carbonyl (C=O) groups excluding carboxylic acids is 2. The third-order valence-corrected chi connectivity index (χ3v) is 8.38. The van der Waals surface area contributed by atoms with Crippen LogP contribution in [0, 0.1) is 30.1 Å². The summed E-state index contributed by atoms with van der Waals surface area (Å²) in [5.74, 6) is -0.526. The molecule has 2 fully saturated rings. The van der Waals surface area contributed by atoms with Crippen molar-refractivity contribution in [3.63, 3.8) is 0 Å². The number of nitrogens with one attached hydrogen (secondary N) is 1. The molecule has 0 radical (unpaired) electrons. The van der Waals surface area contributed by atoms with Crippen molar-refractivity contribution < 1.29 is 14.4 Å². The number of oxime groups is 1. The number of halogens is 1. The second kappa shape index (κ2) is 7.73. The minimum absolute atomic E-state index is 0.0355. The summed E-state index contributed by atoms with van der Waals surface area (Å²) in [5, 5.41) is 8.00. The monoisotopic (exact) mass is 452 g/mol. The molecular formula is C26H29ClN2O3. The van der Waals surface area contributed by atoms with E-state index in [1.165, 1.54) is 0 Å². The van der Waals surface area contributed by atoms with Gasteiger partial charge in [-0.25, -0.2) is 4.79 Å². The van der Waals surface area contributed by atoms with Gasteiger partial charge >= 0.3 is 5.97 Å². The smallest absolute Gasteiger partial charge is 0.325 e. The summed E-state index contributed by atoms with van der Waals surface area (Å²) in [4.78, 5) is 31.5. The lowest BCUT2D eigenvalue weighted by molar-refractivity contribution is -0.130. The van der Waals surface area contributed by atoms with Crippen LogP contribution in [0.1, 0.15) is 61.5 Å². The van der Waals surface area contributed by atoms with Crippen molar-refractivity contribution in [2.75, 3.05) is 5.32 Å². The van der Waals surface area contributed by atoms with E-state index in [9.17, 15) is 9.59 Å². The molecule has 2 aliphatic carbocycles. The van der Waals surface area contributed by atoms with Gasteiger partial charge in [0, 0.05) is 22.5 Å². The van der Waals surface area contributed by atoms with Crippen LogP contribution in [-0.2, 0) is 9.63 Å². The lowest BCUT2D eigenvalue weighted by Crippen LogP contribution is -2.43. The fourth-order valence-corrected chi connectivity index (χ4v) is 5.50. The number of hydrogen-bond donors (Lipinski definition) is 1. The van der Waals surface area contributed by atoms with Crippen LogP contribution in [0.3, 0.4) is 0 Å². The highest BCUT2D eigenvalue weighted by Crippen LogP contribution is 2.71. The fraction of sp³-hybridized carbons (Fsp3) is 0.423. The number of rotatable bonds is 4. The van der Waals surface area contributed by atoms with Gasteiger partial charge in [0.05, 0.1) is 16.7 Å². The highest BCUT2D eigenvalue weighted by Gasteiger charge is 2.71. The molecule has 0 saturated heterocycles. The SMILES string of the molecule is Cc1ccc(C(=O)ON=C2CC3(C(=O)Nc4cc(Cl)ccc4C)CCC2(C)C3(C)C)cc1. The third kappa shape index (κ3) is 3.34. The predicted molar refractivity (Wildman–Crippen MR) is 127 cm³/mol. The molecule has 0 spiro atoms. The number of fused-ring (bicyclic) bond motifs is 2. The van der Waals surface area contributed by atoms with Crippen LogP contribution in [0.15, 0.2) is 47.6 Å². The Hall–Kier alpha value is -2.66. The van der Waals surface area contributed by atoms with Crippen LogP contribution in [-0.4, -0.2) is 17.6 Å². The third-order valence-electron chi connectivity index (χ3n) is 8.14.